The molecule has 3 heterocycles. The van der Waals surface area contributed by atoms with Crippen molar-refractivity contribution in [3.63, 3.8) is 0 Å². The molecule has 25 heavy (non-hydrogen) atoms. The lowest BCUT2D eigenvalue weighted by Crippen LogP contribution is -2.14. The third-order valence-corrected chi connectivity index (χ3v) is 4.93. The van der Waals surface area contributed by atoms with Gasteiger partial charge in [0.1, 0.15) is 5.65 Å². The topological polar surface area (TPSA) is 59.3 Å². The van der Waals surface area contributed by atoms with Crippen LogP contribution in [0.15, 0.2) is 54.0 Å². The Labute approximate surface area is 156 Å². The Balaban J connectivity index is 1.63. The molecule has 8 heteroatoms. The summed E-state index contributed by atoms with van der Waals surface area (Å²) in [7, 11) is 0. The number of imidazole rings is 1. The van der Waals surface area contributed by atoms with E-state index in [1.54, 1.807) is 28.8 Å². The third kappa shape index (κ3) is 3.00. The molecular weight excluding hydrogens is 379 g/mol. The summed E-state index contributed by atoms with van der Waals surface area (Å²) < 4.78 is 1.64. The van der Waals surface area contributed by atoms with Gasteiger partial charge in [0.25, 0.3) is 5.91 Å². The number of amides is 1. The van der Waals surface area contributed by atoms with Crippen LogP contribution < -0.4 is 5.32 Å². The monoisotopic (exact) mass is 388 g/mol. The Morgan fingerprint density at radius 3 is 2.72 bits per heavy atom. The minimum Gasteiger partial charge on any atom is -0.296 e. The molecule has 4 rings (SSSR count). The number of nitrogens with zero attached hydrogens (tertiary/aromatic N) is 3. The molecule has 0 bridgehead atoms. The summed E-state index contributed by atoms with van der Waals surface area (Å²) in [5, 5.41) is 5.82. The van der Waals surface area contributed by atoms with Crippen molar-refractivity contribution in [2.24, 2.45) is 0 Å². The van der Waals surface area contributed by atoms with E-state index < -0.39 is 0 Å². The number of nitrogens with one attached hydrogen (secondary N) is 1. The number of carbonyl (C=O) groups excluding carboxylic acids is 1. The van der Waals surface area contributed by atoms with Crippen LogP contribution in [0.25, 0.3) is 16.9 Å². The van der Waals surface area contributed by atoms with Crippen molar-refractivity contribution in [1.82, 2.24) is 14.4 Å². The summed E-state index contributed by atoms with van der Waals surface area (Å²) in [4.78, 5) is 21.2. The predicted octanol–water partition coefficient (Wildman–Crippen LogP) is 5.02. The maximum Gasteiger partial charge on any atom is 0.277 e. The number of carbonyl (C=O) groups is 1. The lowest BCUT2D eigenvalue weighted by molar-refractivity contribution is 0.102. The third-order valence-electron chi connectivity index (χ3n) is 3.58. The number of hydrogen-bond donors (Lipinski definition) is 1. The van der Waals surface area contributed by atoms with E-state index in [0.29, 0.717) is 21.5 Å². The van der Waals surface area contributed by atoms with Crippen molar-refractivity contribution in [3.05, 3.63) is 69.9 Å². The van der Waals surface area contributed by atoms with Gasteiger partial charge in [-0.3, -0.25) is 14.5 Å². The molecule has 0 atom stereocenters. The van der Waals surface area contributed by atoms with Crippen molar-refractivity contribution < 1.29 is 4.79 Å². The number of hydrogen-bond acceptors (Lipinski definition) is 4. The lowest BCUT2D eigenvalue weighted by Gasteiger charge is -2.02. The molecule has 0 saturated carbocycles. The van der Waals surface area contributed by atoms with Crippen LogP contribution in [0, 0.1) is 0 Å². The molecule has 1 N–H and O–H groups in total. The highest BCUT2D eigenvalue weighted by Crippen LogP contribution is 2.30. The van der Waals surface area contributed by atoms with E-state index >= 15 is 0 Å². The highest BCUT2D eigenvalue weighted by molar-refractivity contribution is 7.14. The van der Waals surface area contributed by atoms with Crippen molar-refractivity contribution in [2.45, 2.75) is 0 Å². The first-order valence-electron chi connectivity index (χ1n) is 7.28. The number of rotatable bonds is 3. The van der Waals surface area contributed by atoms with E-state index in [-0.39, 0.29) is 16.8 Å². The fourth-order valence-corrected chi connectivity index (χ4v) is 3.65. The van der Waals surface area contributed by atoms with Crippen LogP contribution >= 0.6 is 34.5 Å². The maximum absolute atomic E-state index is 12.6. The fourth-order valence-electron chi connectivity index (χ4n) is 2.45. The van der Waals surface area contributed by atoms with E-state index in [0.717, 1.165) is 5.56 Å². The van der Waals surface area contributed by atoms with E-state index in [9.17, 15) is 4.79 Å². The Morgan fingerprint density at radius 1 is 1.08 bits per heavy atom. The zero-order chi connectivity index (χ0) is 17.4. The molecule has 1 amide bonds. The second-order valence-corrected chi connectivity index (χ2v) is 6.78. The number of thiazole rings is 1. The van der Waals surface area contributed by atoms with Gasteiger partial charge in [0, 0.05) is 22.2 Å². The van der Waals surface area contributed by atoms with Gasteiger partial charge in [0.05, 0.1) is 5.69 Å². The van der Waals surface area contributed by atoms with Gasteiger partial charge in [-0.2, -0.15) is 0 Å². The van der Waals surface area contributed by atoms with Crippen LogP contribution in [0.1, 0.15) is 10.5 Å². The van der Waals surface area contributed by atoms with Crippen LogP contribution in [-0.2, 0) is 0 Å². The standard InChI is InChI=1S/C17H10Cl2N4OS/c18-11-6-2-1-5-10(11)12-9-25-17(20-12)22-16(24)14-15(19)21-13-7-3-4-8-23(13)14/h1-9H,(H,20,22,24). The van der Waals surface area contributed by atoms with Crippen LogP contribution in [0.5, 0.6) is 0 Å². The molecule has 1 aromatic carbocycles. The normalized spacial score (nSPS) is 11.0. The Hall–Kier alpha value is -2.41. The second-order valence-electron chi connectivity index (χ2n) is 5.15. The summed E-state index contributed by atoms with van der Waals surface area (Å²) in [5.74, 6) is -0.372. The molecule has 0 aliphatic heterocycles. The molecule has 124 valence electrons. The van der Waals surface area contributed by atoms with Crippen molar-refractivity contribution in [1.29, 1.82) is 0 Å². The van der Waals surface area contributed by atoms with E-state index in [2.05, 4.69) is 15.3 Å². The summed E-state index contributed by atoms with van der Waals surface area (Å²) in [5.41, 5.74) is 2.39. The second kappa shape index (κ2) is 6.48. The molecule has 0 spiro atoms. The largest absolute Gasteiger partial charge is 0.296 e. The van der Waals surface area contributed by atoms with Gasteiger partial charge in [0.2, 0.25) is 0 Å². The molecule has 3 aromatic heterocycles. The van der Waals surface area contributed by atoms with Gasteiger partial charge in [-0.25, -0.2) is 9.97 Å². The Morgan fingerprint density at radius 2 is 1.88 bits per heavy atom. The van der Waals surface area contributed by atoms with Crippen LogP contribution in [-0.4, -0.2) is 20.3 Å². The number of halogens is 2. The summed E-state index contributed by atoms with van der Waals surface area (Å²) in [6.45, 7) is 0. The summed E-state index contributed by atoms with van der Waals surface area (Å²) >= 11 is 13.6. The Bertz CT molecular complexity index is 1090. The highest BCUT2D eigenvalue weighted by atomic mass is 35.5. The number of aromatic nitrogens is 3. The zero-order valence-corrected chi connectivity index (χ0v) is 14.9. The predicted molar refractivity (Wildman–Crippen MR) is 101 cm³/mol. The zero-order valence-electron chi connectivity index (χ0n) is 12.6. The first-order valence-corrected chi connectivity index (χ1v) is 8.91. The van der Waals surface area contributed by atoms with Gasteiger partial charge in [0.15, 0.2) is 16.0 Å². The smallest absolute Gasteiger partial charge is 0.277 e. The molecule has 4 aromatic rings. The van der Waals surface area contributed by atoms with Gasteiger partial charge >= 0.3 is 0 Å². The SMILES string of the molecule is O=C(Nc1nc(-c2ccccc2Cl)cs1)c1c(Cl)nc2ccccn12. The van der Waals surface area contributed by atoms with E-state index in [1.165, 1.54) is 11.3 Å². The molecule has 0 unspecified atom stereocenters. The lowest BCUT2D eigenvalue weighted by atomic mass is 10.2. The Kier molecular flexibility index (Phi) is 4.17. The average Bonchev–Trinajstić information content (AvgIpc) is 3.18. The summed E-state index contributed by atoms with van der Waals surface area (Å²) in [6.07, 6.45) is 1.74. The maximum atomic E-state index is 12.6. The quantitative estimate of drug-likeness (QED) is 0.536. The number of pyridine rings is 1. The molecule has 5 nitrogen and oxygen atoms in total. The van der Waals surface area contributed by atoms with Crippen molar-refractivity contribution in [3.8, 4) is 11.3 Å². The van der Waals surface area contributed by atoms with Gasteiger partial charge in [-0.1, -0.05) is 47.5 Å². The number of anilines is 1. The van der Waals surface area contributed by atoms with Crippen LogP contribution in [0.4, 0.5) is 5.13 Å². The van der Waals surface area contributed by atoms with Crippen LogP contribution in [0.2, 0.25) is 10.2 Å². The average molecular weight is 389 g/mol. The fraction of sp³-hybridized carbons (Fsp3) is 0. The molecule has 0 aliphatic carbocycles. The van der Waals surface area contributed by atoms with Crippen molar-refractivity contribution in [2.75, 3.05) is 5.32 Å². The van der Waals surface area contributed by atoms with Gasteiger partial charge in [-0.05, 0) is 18.2 Å². The molecule has 0 radical (unpaired) electrons. The van der Waals surface area contributed by atoms with Gasteiger partial charge < -0.3 is 0 Å². The minimum atomic E-state index is -0.372. The van der Waals surface area contributed by atoms with E-state index in [4.69, 9.17) is 23.2 Å². The van der Waals surface area contributed by atoms with E-state index in [1.807, 2.05) is 29.6 Å². The van der Waals surface area contributed by atoms with Gasteiger partial charge in [-0.15, -0.1) is 11.3 Å². The number of benzene rings is 1. The minimum absolute atomic E-state index is 0.145. The molecule has 0 saturated heterocycles. The highest BCUT2D eigenvalue weighted by Gasteiger charge is 2.19. The first kappa shape index (κ1) is 16.1. The molecule has 0 aliphatic rings. The number of fused-ring (bicyclic) bond motifs is 1. The van der Waals surface area contributed by atoms with Crippen molar-refractivity contribution >= 4 is 51.2 Å². The molecular formula is C17H10Cl2N4OS. The first-order chi connectivity index (χ1) is 12.1. The summed E-state index contributed by atoms with van der Waals surface area (Å²) in [6, 6.07) is 12.8. The van der Waals surface area contributed by atoms with Crippen LogP contribution in [0.3, 0.4) is 0 Å². The molecule has 0 fully saturated rings.